The molecular weight excluding hydrogens is 512 g/mol. The molecule has 3 aromatic carbocycles. The molecule has 10 nitrogen and oxygen atoms in total. The number of carboxylic acid groups (broad SMARTS) is 3. The van der Waals surface area contributed by atoms with Gasteiger partial charge >= 0.3 is 17.9 Å². The van der Waals surface area contributed by atoms with Crippen molar-refractivity contribution in [3.63, 3.8) is 0 Å². The predicted molar refractivity (Wildman–Crippen MR) is 133 cm³/mol. The number of carbonyl (C=O) groups is 5. The number of rotatable bonds is 9. The summed E-state index contributed by atoms with van der Waals surface area (Å²) in [6.45, 7) is 0. The minimum absolute atomic E-state index is 0.0329. The molecule has 5 N–H and O–H groups in total. The first-order valence-corrected chi connectivity index (χ1v) is 11.4. The fraction of sp³-hybridized carbons (Fsp3) is 0.0417. The van der Waals surface area contributed by atoms with Crippen molar-refractivity contribution in [1.29, 1.82) is 0 Å². The van der Waals surface area contributed by atoms with Gasteiger partial charge in [-0.05, 0) is 54.6 Å². The van der Waals surface area contributed by atoms with Gasteiger partial charge in [-0.3, -0.25) is 9.59 Å². The molecule has 0 aliphatic heterocycles. The zero-order chi connectivity index (χ0) is 26.4. The lowest BCUT2D eigenvalue weighted by Gasteiger charge is -2.10. The van der Waals surface area contributed by atoms with E-state index >= 15 is 0 Å². The van der Waals surface area contributed by atoms with Crippen molar-refractivity contribution in [3.8, 4) is 0 Å². The minimum Gasteiger partial charge on any atom is -0.478 e. The van der Waals surface area contributed by atoms with E-state index < -0.39 is 35.3 Å². The Morgan fingerprint density at radius 1 is 0.750 bits per heavy atom. The highest BCUT2D eigenvalue weighted by Gasteiger charge is 2.19. The molecule has 184 valence electrons. The molecule has 12 heteroatoms. The number of thioether (sulfide) groups is 1. The van der Waals surface area contributed by atoms with Gasteiger partial charge in [0.1, 0.15) is 0 Å². The van der Waals surface area contributed by atoms with E-state index in [1.54, 1.807) is 24.3 Å². The molecule has 0 spiro atoms. The highest BCUT2D eigenvalue weighted by molar-refractivity contribution is 8.00. The quantitative estimate of drug-likeness (QED) is 0.252. The second-order valence-corrected chi connectivity index (χ2v) is 8.65. The standard InChI is InChI=1S/C24H17ClN2O8S/c25-18-7-5-13(23(32)33)9-19(18)27-20(28)11-36-15-3-1-2-14(10-15)26-21(29)16-6-4-12(22(30)31)8-17(16)24(34)35/h1-10H,11H2,(H,26,29)(H,27,28)(H,30,31)(H,32,33)(H,34,35). The van der Waals surface area contributed by atoms with Crippen molar-refractivity contribution in [3.05, 3.63) is 87.9 Å². The Bertz CT molecular complexity index is 1390. The normalized spacial score (nSPS) is 10.4. The summed E-state index contributed by atoms with van der Waals surface area (Å²) in [6.07, 6.45) is 0. The van der Waals surface area contributed by atoms with Gasteiger partial charge in [0.2, 0.25) is 5.91 Å². The SMILES string of the molecule is O=C(CSc1cccc(NC(=O)c2ccc(C(=O)O)cc2C(=O)O)c1)Nc1cc(C(=O)O)ccc1Cl. The molecule has 0 atom stereocenters. The van der Waals surface area contributed by atoms with Crippen LogP contribution in [0.25, 0.3) is 0 Å². The topological polar surface area (TPSA) is 170 Å². The lowest BCUT2D eigenvalue weighted by molar-refractivity contribution is -0.113. The Morgan fingerprint density at radius 3 is 2.08 bits per heavy atom. The number of carbonyl (C=O) groups excluding carboxylic acids is 2. The third-order valence-corrected chi connectivity index (χ3v) is 6.01. The van der Waals surface area contributed by atoms with Crippen LogP contribution in [0.4, 0.5) is 11.4 Å². The molecule has 0 radical (unpaired) electrons. The first kappa shape index (κ1) is 26.3. The summed E-state index contributed by atoms with van der Waals surface area (Å²) in [7, 11) is 0. The number of amides is 2. The fourth-order valence-electron chi connectivity index (χ4n) is 3.00. The van der Waals surface area contributed by atoms with Crippen molar-refractivity contribution in [2.75, 3.05) is 16.4 Å². The van der Waals surface area contributed by atoms with Crippen LogP contribution in [0.3, 0.4) is 0 Å². The number of nitrogens with one attached hydrogen (secondary N) is 2. The van der Waals surface area contributed by atoms with Crippen LogP contribution in [-0.2, 0) is 4.79 Å². The van der Waals surface area contributed by atoms with E-state index in [1.807, 2.05) is 0 Å². The largest absolute Gasteiger partial charge is 0.478 e. The molecule has 0 saturated heterocycles. The smallest absolute Gasteiger partial charge is 0.336 e. The summed E-state index contributed by atoms with van der Waals surface area (Å²) in [5, 5.41) is 32.8. The third-order valence-electron chi connectivity index (χ3n) is 4.69. The summed E-state index contributed by atoms with van der Waals surface area (Å²) in [4.78, 5) is 59.3. The molecular formula is C24H17ClN2O8S. The number of hydrogen-bond donors (Lipinski definition) is 5. The maximum Gasteiger partial charge on any atom is 0.336 e. The van der Waals surface area contributed by atoms with Crippen molar-refractivity contribution < 1.29 is 39.3 Å². The van der Waals surface area contributed by atoms with Crippen LogP contribution in [-0.4, -0.2) is 50.8 Å². The molecule has 0 bridgehead atoms. The second kappa shape index (κ2) is 11.4. The maximum absolute atomic E-state index is 12.7. The maximum atomic E-state index is 12.7. The van der Waals surface area contributed by atoms with Crippen molar-refractivity contribution >= 4 is 64.5 Å². The molecule has 0 aliphatic carbocycles. The Hall–Kier alpha value is -4.35. The van der Waals surface area contributed by atoms with Gasteiger partial charge in [-0.15, -0.1) is 11.8 Å². The summed E-state index contributed by atoms with van der Waals surface area (Å²) in [6, 6.07) is 13.5. The lowest BCUT2D eigenvalue weighted by atomic mass is 10.0. The van der Waals surface area contributed by atoms with Crippen LogP contribution in [0, 0.1) is 0 Å². The average molecular weight is 529 g/mol. The molecule has 0 aliphatic rings. The van der Waals surface area contributed by atoms with E-state index in [0.29, 0.717) is 10.6 Å². The molecule has 0 unspecified atom stereocenters. The number of hydrogen-bond acceptors (Lipinski definition) is 6. The highest BCUT2D eigenvalue weighted by Crippen LogP contribution is 2.26. The molecule has 3 aromatic rings. The Balaban J connectivity index is 1.67. The Morgan fingerprint density at radius 2 is 1.42 bits per heavy atom. The minimum atomic E-state index is -1.45. The van der Waals surface area contributed by atoms with Crippen LogP contribution in [0.5, 0.6) is 0 Å². The first-order chi connectivity index (χ1) is 17.0. The molecule has 3 rings (SSSR count). The van der Waals surface area contributed by atoms with E-state index in [1.165, 1.54) is 18.2 Å². The van der Waals surface area contributed by atoms with Crippen LogP contribution >= 0.6 is 23.4 Å². The number of carboxylic acids is 3. The Kier molecular flexibility index (Phi) is 8.30. The van der Waals surface area contributed by atoms with Crippen LogP contribution in [0.15, 0.2) is 65.6 Å². The molecule has 0 fully saturated rings. The van der Waals surface area contributed by atoms with Gasteiger partial charge in [0.05, 0.1) is 38.7 Å². The van der Waals surface area contributed by atoms with Gasteiger partial charge in [0.15, 0.2) is 0 Å². The van der Waals surface area contributed by atoms with Gasteiger partial charge in [-0.2, -0.15) is 0 Å². The monoisotopic (exact) mass is 528 g/mol. The van der Waals surface area contributed by atoms with Crippen LogP contribution < -0.4 is 10.6 Å². The molecule has 0 saturated carbocycles. The molecule has 2 amide bonds. The van der Waals surface area contributed by atoms with E-state index in [0.717, 1.165) is 30.0 Å². The van der Waals surface area contributed by atoms with Crippen LogP contribution in [0.1, 0.15) is 41.4 Å². The van der Waals surface area contributed by atoms with Crippen LogP contribution in [0.2, 0.25) is 5.02 Å². The number of anilines is 2. The molecule has 0 heterocycles. The highest BCUT2D eigenvalue weighted by atomic mass is 35.5. The van der Waals surface area contributed by atoms with E-state index in [-0.39, 0.29) is 33.2 Å². The third kappa shape index (κ3) is 6.62. The van der Waals surface area contributed by atoms with Gasteiger partial charge in [-0.25, -0.2) is 14.4 Å². The number of halogens is 1. The van der Waals surface area contributed by atoms with Gasteiger partial charge in [0, 0.05) is 10.6 Å². The van der Waals surface area contributed by atoms with E-state index in [2.05, 4.69) is 10.6 Å². The number of aromatic carboxylic acids is 3. The summed E-state index contributed by atoms with van der Waals surface area (Å²) >= 11 is 7.15. The lowest BCUT2D eigenvalue weighted by Crippen LogP contribution is -2.17. The predicted octanol–water partition coefficient (Wildman–Crippen LogP) is 4.42. The van der Waals surface area contributed by atoms with E-state index in [9.17, 15) is 29.1 Å². The summed E-state index contributed by atoms with van der Waals surface area (Å²) in [5.41, 5.74) is -0.496. The van der Waals surface area contributed by atoms with Gasteiger partial charge < -0.3 is 26.0 Å². The van der Waals surface area contributed by atoms with Gasteiger partial charge in [-0.1, -0.05) is 17.7 Å². The number of benzene rings is 3. The van der Waals surface area contributed by atoms with Crippen molar-refractivity contribution in [1.82, 2.24) is 0 Å². The fourth-order valence-corrected chi connectivity index (χ4v) is 3.92. The zero-order valence-electron chi connectivity index (χ0n) is 18.1. The van der Waals surface area contributed by atoms with Gasteiger partial charge in [0.25, 0.3) is 5.91 Å². The summed E-state index contributed by atoms with van der Waals surface area (Å²) < 4.78 is 0. The van der Waals surface area contributed by atoms with Crippen molar-refractivity contribution in [2.24, 2.45) is 0 Å². The first-order valence-electron chi connectivity index (χ1n) is 10.0. The average Bonchev–Trinajstić information content (AvgIpc) is 2.83. The Labute approximate surface area is 212 Å². The molecule has 36 heavy (non-hydrogen) atoms. The zero-order valence-corrected chi connectivity index (χ0v) is 19.7. The van der Waals surface area contributed by atoms with E-state index in [4.69, 9.17) is 21.8 Å². The molecule has 0 aromatic heterocycles. The summed E-state index contributed by atoms with van der Waals surface area (Å²) in [5.74, 6) is -5.18. The second-order valence-electron chi connectivity index (χ2n) is 7.19. The van der Waals surface area contributed by atoms with Crippen molar-refractivity contribution in [2.45, 2.75) is 4.90 Å².